The summed E-state index contributed by atoms with van der Waals surface area (Å²) in [5, 5.41) is 2.93. The zero-order valence-corrected chi connectivity index (χ0v) is 15.4. The third-order valence-electron chi connectivity index (χ3n) is 3.79. The minimum Gasteiger partial charge on any atom is -0.344 e. The van der Waals surface area contributed by atoms with Gasteiger partial charge >= 0.3 is 0 Å². The number of carbonyl (C=O) groups excluding carboxylic acids is 1. The molecule has 7 heteroatoms. The molecule has 25 heavy (non-hydrogen) atoms. The molecule has 134 valence electrons. The number of likely N-dealkylation sites (N-methyl/N-ethyl adjacent to an activating group) is 1. The molecule has 2 aromatic carbocycles. The Morgan fingerprint density at radius 2 is 1.36 bits per heavy atom. The first-order valence-corrected chi connectivity index (χ1v) is 9.25. The normalized spacial score (nSPS) is 11.9. The lowest BCUT2D eigenvalue weighted by Gasteiger charge is -2.24. The number of hydrogen-bond acceptors (Lipinski definition) is 3. The molecule has 0 aliphatic rings. The molecular weight excluding hydrogens is 338 g/mol. The molecule has 0 fully saturated rings. The van der Waals surface area contributed by atoms with Crippen molar-refractivity contribution in [2.45, 2.75) is 6.04 Å². The molecule has 0 heterocycles. The molecule has 0 spiro atoms. The molecule has 0 bridgehead atoms. The molecule has 1 N–H and O–H groups in total. The molecule has 0 aromatic heterocycles. The Kier molecular flexibility index (Phi) is 6.30. The molecule has 6 nitrogen and oxygen atoms in total. The second-order valence-corrected chi connectivity index (χ2v) is 8.12. The molecule has 0 radical (unpaired) electrons. The minimum atomic E-state index is -3.63. The number of hydrogen-bond donors (Lipinski definition) is 1. The van der Waals surface area contributed by atoms with Crippen molar-refractivity contribution >= 4 is 16.1 Å². The molecular formula is C18H23N3O3S. The molecule has 0 unspecified atom stereocenters. The SMILES string of the molecule is CN(C)S(=O)(=O)N(C)CC(=O)NC(c1ccccc1)c1ccccc1. The maximum atomic E-state index is 12.4. The van der Waals surface area contributed by atoms with Crippen molar-refractivity contribution in [3.63, 3.8) is 0 Å². The van der Waals surface area contributed by atoms with Crippen molar-refractivity contribution in [3.8, 4) is 0 Å². The minimum absolute atomic E-state index is 0.253. The van der Waals surface area contributed by atoms with Gasteiger partial charge in [-0.1, -0.05) is 60.7 Å². The smallest absolute Gasteiger partial charge is 0.281 e. The molecule has 0 atom stereocenters. The van der Waals surface area contributed by atoms with Crippen molar-refractivity contribution < 1.29 is 13.2 Å². The summed E-state index contributed by atoms with van der Waals surface area (Å²) < 4.78 is 26.2. The highest BCUT2D eigenvalue weighted by Gasteiger charge is 2.24. The zero-order valence-electron chi connectivity index (χ0n) is 14.6. The van der Waals surface area contributed by atoms with E-state index >= 15 is 0 Å². The maximum absolute atomic E-state index is 12.4. The first kappa shape index (κ1) is 19.1. The van der Waals surface area contributed by atoms with E-state index < -0.39 is 10.2 Å². The van der Waals surface area contributed by atoms with Crippen molar-refractivity contribution in [3.05, 3.63) is 71.8 Å². The topological polar surface area (TPSA) is 69.7 Å². The molecule has 0 aliphatic carbocycles. The van der Waals surface area contributed by atoms with Crippen LogP contribution in [0.25, 0.3) is 0 Å². The first-order chi connectivity index (χ1) is 11.8. The highest BCUT2D eigenvalue weighted by Crippen LogP contribution is 2.21. The van der Waals surface area contributed by atoms with Crippen LogP contribution in [0, 0.1) is 0 Å². The fourth-order valence-corrected chi connectivity index (χ4v) is 3.26. The van der Waals surface area contributed by atoms with Crippen molar-refractivity contribution in [1.82, 2.24) is 13.9 Å². The van der Waals surface area contributed by atoms with Crippen LogP contribution in [0.3, 0.4) is 0 Å². The number of rotatable bonds is 7. The highest BCUT2D eigenvalue weighted by atomic mass is 32.2. The largest absolute Gasteiger partial charge is 0.344 e. The Hall–Kier alpha value is -2.22. The van der Waals surface area contributed by atoms with Crippen LogP contribution in [-0.4, -0.2) is 50.6 Å². The molecule has 2 rings (SSSR count). The summed E-state index contributed by atoms with van der Waals surface area (Å²) in [5.41, 5.74) is 1.86. The fourth-order valence-electron chi connectivity index (χ4n) is 2.42. The monoisotopic (exact) mass is 361 g/mol. The van der Waals surface area contributed by atoms with Gasteiger partial charge in [0.15, 0.2) is 0 Å². The molecule has 0 saturated heterocycles. The molecule has 0 saturated carbocycles. The Bertz CT molecular complexity index is 753. The summed E-state index contributed by atoms with van der Waals surface area (Å²) in [6.45, 7) is -0.253. The molecule has 0 aliphatic heterocycles. The Labute approximate surface area is 149 Å². The lowest BCUT2D eigenvalue weighted by atomic mass is 9.99. The molecule has 1 amide bonds. The van der Waals surface area contributed by atoms with Gasteiger partial charge in [0, 0.05) is 21.1 Å². The average Bonchev–Trinajstić information content (AvgIpc) is 2.61. The Balaban J connectivity index is 2.19. The standard InChI is InChI=1S/C18H23N3O3S/c1-20(2)25(23,24)21(3)14-17(22)19-18(15-10-6-4-7-11-15)16-12-8-5-9-13-16/h4-13,18H,14H2,1-3H3,(H,19,22). The highest BCUT2D eigenvalue weighted by molar-refractivity contribution is 7.86. The number of benzene rings is 2. The van der Waals surface area contributed by atoms with E-state index in [4.69, 9.17) is 0 Å². The van der Waals surface area contributed by atoms with Crippen LogP contribution in [-0.2, 0) is 15.0 Å². The summed E-state index contributed by atoms with van der Waals surface area (Å²) >= 11 is 0. The third kappa shape index (κ3) is 4.88. The van der Waals surface area contributed by atoms with Crippen molar-refractivity contribution in [1.29, 1.82) is 0 Å². The number of nitrogens with zero attached hydrogens (tertiary/aromatic N) is 2. The summed E-state index contributed by atoms with van der Waals surface area (Å²) in [6, 6.07) is 18.8. The predicted molar refractivity (Wildman–Crippen MR) is 98.1 cm³/mol. The lowest BCUT2D eigenvalue weighted by molar-refractivity contribution is -0.121. The second kappa shape index (κ2) is 8.24. The molecule has 2 aromatic rings. The van der Waals surface area contributed by atoms with E-state index in [0.717, 1.165) is 19.7 Å². The van der Waals surface area contributed by atoms with E-state index in [2.05, 4.69) is 5.32 Å². The summed E-state index contributed by atoms with van der Waals surface area (Å²) in [7, 11) is 0.615. The van der Waals surface area contributed by atoms with E-state index in [1.165, 1.54) is 21.1 Å². The van der Waals surface area contributed by atoms with Crippen LogP contribution in [0.2, 0.25) is 0 Å². The van der Waals surface area contributed by atoms with E-state index in [1.807, 2.05) is 60.7 Å². The van der Waals surface area contributed by atoms with Gasteiger partial charge in [0.25, 0.3) is 10.2 Å². The van der Waals surface area contributed by atoms with Crippen LogP contribution >= 0.6 is 0 Å². The van der Waals surface area contributed by atoms with E-state index in [9.17, 15) is 13.2 Å². The fraction of sp³-hybridized carbons (Fsp3) is 0.278. The van der Waals surface area contributed by atoms with Crippen LogP contribution in [0.15, 0.2) is 60.7 Å². The summed E-state index contributed by atoms with van der Waals surface area (Å²) in [5.74, 6) is -0.370. The van der Waals surface area contributed by atoms with E-state index in [0.29, 0.717) is 0 Å². The average molecular weight is 361 g/mol. The Morgan fingerprint density at radius 1 is 0.920 bits per heavy atom. The van der Waals surface area contributed by atoms with Gasteiger partial charge in [-0.05, 0) is 11.1 Å². The van der Waals surface area contributed by atoms with Gasteiger partial charge in [-0.3, -0.25) is 4.79 Å². The van der Waals surface area contributed by atoms with Gasteiger partial charge < -0.3 is 5.32 Å². The summed E-state index contributed by atoms with van der Waals surface area (Å²) in [6.07, 6.45) is 0. The summed E-state index contributed by atoms with van der Waals surface area (Å²) in [4.78, 5) is 12.4. The van der Waals surface area contributed by atoms with Crippen LogP contribution in [0.5, 0.6) is 0 Å². The number of carbonyl (C=O) groups is 1. The predicted octanol–water partition coefficient (Wildman–Crippen LogP) is 1.63. The van der Waals surface area contributed by atoms with Crippen LogP contribution in [0.1, 0.15) is 17.2 Å². The van der Waals surface area contributed by atoms with Gasteiger partial charge in [-0.2, -0.15) is 17.0 Å². The third-order valence-corrected chi connectivity index (χ3v) is 5.63. The van der Waals surface area contributed by atoms with Crippen molar-refractivity contribution in [2.75, 3.05) is 27.7 Å². The van der Waals surface area contributed by atoms with E-state index in [1.54, 1.807) is 0 Å². The van der Waals surface area contributed by atoms with Crippen LogP contribution in [0.4, 0.5) is 0 Å². The maximum Gasteiger partial charge on any atom is 0.281 e. The van der Waals surface area contributed by atoms with Gasteiger partial charge in [-0.15, -0.1) is 0 Å². The first-order valence-electron chi connectivity index (χ1n) is 7.85. The number of amides is 1. The van der Waals surface area contributed by atoms with Crippen LogP contribution < -0.4 is 5.32 Å². The number of nitrogens with one attached hydrogen (secondary N) is 1. The van der Waals surface area contributed by atoms with Gasteiger partial charge in [0.2, 0.25) is 5.91 Å². The Morgan fingerprint density at radius 3 is 1.76 bits per heavy atom. The zero-order chi connectivity index (χ0) is 18.4. The van der Waals surface area contributed by atoms with Gasteiger partial charge in [-0.25, -0.2) is 0 Å². The quantitative estimate of drug-likeness (QED) is 0.815. The second-order valence-electron chi connectivity index (χ2n) is 5.87. The lowest BCUT2D eigenvalue weighted by Crippen LogP contribution is -2.44. The van der Waals surface area contributed by atoms with E-state index in [-0.39, 0.29) is 18.5 Å². The van der Waals surface area contributed by atoms with Gasteiger partial charge in [0.05, 0.1) is 12.6 Å². The van der Waals surface area contributed by atoms with Crippen molar-refractivity contribution in [2.24, 2.45) is 0 Å². The van der Waals surface area contributed by atoms with Gasteiger partial charge in [0.1, 0.15) is 0 Å².